The Morgan fingerprint density at radius 3 is 2.79 bits per heavy atom. The highest BCUT2D eigenvalue weighted by Gasteiger charge is 2.41. The van der Waals surface area contributed by atoms with Crippen molar-refractivity contribution in [3.63, 3.8) is 0 Å². The summed E-state index contributed by atoms with van der Waals surface area (Å²) < 4.78 is 11.9. The number of hydrogen-bond acceptors (Lipinski definition) is 4. The summed E-state index contributed by atoms with van der Waals surface area (Å²) in [5.41, 5.74) is 4.06. The zero-order valence-electron chi connectivity index (χ0n) is 13.3. The van der Waals surface area contributed by atoms with E-state index in [-0.39, 0.29) is 18.1 Å². The second-order valence-corrected chi connectivity index (χ2v) is 7.13. The molecule has 0 bridgehead atoms. The highest BCUT2D eigenvalue weighted by Crippen LogP contribution is 2.50. The molecule has 24 heavy (non-hydrogen) atoms. The summed E-state index contributed by atoms with van der Waals surface area (Å²) in [5, 5.41) is 3.66. The third kappa shape index (κ3) is 2.62. The topological polar surface area (TPSA) is 47.6 Å². The van der Waals surface area contributed by atoms with E-state index in [0.717, 1.165) is 28.8 Å². The van der Waals surface area contributed by atoms with Gasteiger partial charge in [0.2, 0.25) is 0 Å². The lowest BCUT2D eigenvalue weighted by Gasteiger charge is -2.36. The number of rotatable bonds is 2. The maximum absolute atomic E-state index is 11.6. The average molecular weight is 388 g/mol. The number of ether oxygens (including phenoxy) is 2. The molecule has 0 spiro atoms. The molecule has 0 aliphatic carbocycles. The van der Waals surface area contributed by atoms with Gasteiger partial charge in [-0.3, -0.25) is 0 Å². The van der Waals surface area contributed by atoms with Gasteiger partial charge in [-0.05, 0) is 42.3 Å². The minimum absolute atomic E-state index is 0.115. The lowest BCUT2D eigenvalue weighted by atomic mass is 9.81. The van der Waals surface area contributed by atoms with Gasteiger partial charge in [-0.25, -0.2) is 4.79 Å². The first-order chi connectivity index (χ1) is 11.7. The van der Waals surface area contributed by atoms with Crippen LogP contribution in [0.1, 0.15) is 40.1 Å². The monoisotopic (exact) mass is 387 g/mol. The van der Waals surface area contributed by atoms with Crippen LogP contribution in [0.2, 0.25) is 0 Å². The van der Waals surface area contributed by atoms with Crippen LogP contribution in [0.25, 0.3) is 0 Å². The Morgan fingerprint density at radius 2 is 2.04 bits per heavy atom. The number of methoxy groups -OCH3 is 1. The number of hydrogen-bond donors (Lipinski definition) is 1. The van der Waals surface area contributed by atoms with E-state index in [1.54, 1.807) is 0 Å². The van der Waals surface area contributed by atoms with Crippen molar-refractivity contribution in [1.82, 2.24) is 0 Å². The summed E-state index contributed by atoms with van der Waals surface area (Å²) in [4.78, 5) is 11.6. The standard InChI is InChI=1S/C19H18BrNO3/c1-23-19(22)12-4-2-11(3-5-12)17-14-8-9-24-18(14)15-10-13(20)6-7-16(15)21-17/h2-7,10,14,17-18,21H,8-9H2,1H3/t14-,17+,18-/m0/s1. The molecule has 2 aliphatic heterocycles. The Morgan fingerprint density at radius 1 is 1.25 bits per heavy atom. The average Bonchev–Trinajstić information content (AvgIpc) is 3.11. The highest BCUT2D eigenvalue weighted by molar-refractivity contribution is 9.10. The van der Waals surface area contributed by atoms with Crippen molar-refractivity contribution < 1.29 is 14.3 Å². The Kier molecular flexibility index (Phi) is 4.06. The molecule has 1 N–H and O–H groups in total. The van der Waals surface area contributed by atoms with Crippen molar-refractivity contribution in [3.8, 4) is 0 Å². The minimum Gasteiger partial charge on any atom is -0.465 e. The summed E-state index contributed by atoms with van der Waals surface area (Å²) in [5.74, 6) is 0.0752. The zero-order chi connectivity index (χ0) is 16.7. The maximum Gasteiger partial charge on any atom is 0.337 e. The lowest BCUT2D eigenvalue weighted by Crippen LogP contribution is -2.29. The summed E-state index contributed by atoms with van der Waals surface area (Å²) >= 11 is 3.55. The SMILES string of the molecule is COC(=O)c1ccc([C@H]2Nc3ccc(Br)cc3[C@H]3OCC[C@@H]23)cc1. The van der Waals surface area contributed by atoms with E-state index in [4.69, 9.17) is 9.47 Å². The van der Waals surface area contributed by atoms with Crippen LogP contribution >= 0.6 is 15.9 Å². The summed E-state index contributed by atoms with van der Waals surface area (Å²) in [6.07, 6.45) is 1.14. The van der Waals surface area contributed by atoms with E-state index in [1.807, 2.05) is 30.3 Å². The molecule has 124 valence electrons. The van der Waals surface area contributed by atoms with Gasteiger partial charge in [0.15, 0.2) is 0 Å². The van der Waals surface area contributed by atoms with Crippen molar-refractivity contribution in [2.75, 3.05) is 19.0 Å². The van der Waals surface area contributed by atoms with Gasteiger partial charge in [0.1, 0.15) is 0 Å². The second kappa shape index (κ2) is 6.22. The van der Waals surface area contributed by atoms with Crippen molar-refractivity contribution in [3.05, 3.63) is 63.6 Å². The molecule has 0 unspecified atom stereocenters. The molecule has 3 atom stereocenters. The highest BCUT2D eigenvalue weighted by atomic mass is 79.9. The zero-order valence-corrected chi connectivity index (χ0v) is 14.9. The van der Waals surface area contributed by atoms with Crippen molar-refractivity contribution in [2.45, 2.75) is 18.6 Å². The fourth-order valence-corrected chi connectivity index (χ4v) is 4.10. The summed E-state index contributed by atoms with van der Waals surface area (Å²) in [7, 11) is 1.40. The quantitative estimate of drug-likeness (QED) is 0.771. The van der Waals surface area contributed by atoms with E-state index >= 15 is 0 Å². The van der Waals surface area contributed by atoms with Gasteiger partial charge in [0.05, 0.1) is 24.8 Å². The summed E-state index contributed by atoms with van der Waals surface area (Å²) in [6.45, 7) is 0.777. The lowest BCUT2D eigenvalue weighted by molar-refractivity contribution is 0.0600. The van der Waals surface area contributed by atoms with E-state index in [2.05, 4.69) is 33.4 Å². The molecule has 0 amide bonds. The van der Waals surface area contributed by atoms with E-state index in [0.29, 0.717) is 11.5 Å². The molecule has 2 heterocycles. The van der Waals surface area contributed by atoms with E-state index in [9.17, 15) is 4.79 Å². The first-order valence-corrected chi connectivity index (χ1v) is 8.82. The molecular formula is C19H18BrNO3. The van der Waals surface area contributed by atoms with Crippen molar-refractivity contribution in [2.24, 2.45) is 5.92 Å². The number of halogens is 1. The van der Waals surface area contributed by atoms with Gasteiger partial charge in [0.25, 0.3) is 0 Å². The van der Waals surface area contributed by atoms with Crippen molar-refractivity contribution in [1.29, 1.82) is 0 Å². The molecule has 5 heteroatoms. The third-order valence-electron chi connectivity index (χ3n) is 4.89. The van der Waals surface area contributed by atoms with Crippen LogP contribution in [0, 0.1) is 5.92 Å². The molecule has 1 saturated heterocycles. The van der Waals surface area contributed by atoms with Gasteiger partial charge >= 0.3 is 5.97 Å². The molecule has 1 fully saturated rings. The van der Waals surface area contributed by atoms with Gasteiger partial charge in [-0.1, -0.05) is 28.1 Å². The molecular weight excluding hydrogens is 370 g/mol. The summed E-state index contributed by atoms with van der Waals surface area (Å²) in [6, 6.07) is 14.1. The van der Waals surface area contributed by atoms with Gasteiger partial charge < -0.3 is 14.8 Å². The smallest absolute Gasteiger partial charge is 0.337 e. The van der Waals surface area contributed by atoms with Gasteiger partial charge in [-0.15, -0.1) is 0 Å². The van der Waals surface area contributed by atoms with Crippen LogP contribution in [-0.2, 0) is 9.47 Å². The normalized spacial score (nSPS) is 24.7. The number of esters is 1. The molecule has 0 radical (unpaired) electrons. The number of nitrogens with one attached hydrogen (secondary N) is 1. The molecule has 0 saturated carbocycles. The Balaban J connectivity index is 1.68. The van der Waals surface area contributed by atoms with Gasteiger partial charge in [-0.2, -0.15) is 0 Å². The number of carbonyl (C=O) groups is 1. The molecule has 2 aromatic rings. The fourth-order valence-electron chi connectivity index (χ4n) is 3.72. The van der Waals surface area contributed by atoms with Crippen LogP contribution in [0.4, 0.5) is 5.69 Å². The predicted octanol–water partition coefficient (Wildman–Crippen LogP) is 4.48. The third-order valence-corrected chi connectivity index (χ3v) is 5.38. The molecule has 4 nitrogen and oxygen atoms in total. The Labute approximate surface area is 149 Å². The number of carbonyl (C=O) groups excluding carboxylic acids is 1. The largest absolute Gasteiger partial charge is 0.465 e. The molecule has 0 aromatic heterocycles. The maximum atomic E-state index is 11.6. The second-order valence-electron chi connectivity index (χ2n) is 6.21. The predicted molar refractivity (Wildman–Crippen MR) is 95.1 cm³/mol. The van der Waals surface area contributed by atoms with E-state index in [1.165, 1.54) is 12.7 Å². The Bertz CT molecular complexity index is 775. The van der Waals surface area contributed by atoms with Crippen molar-refractivity contribution >= 4 is 27.6 Å². The molecule has 2 aromatic carbocycles. The number of benzene rings is 2. The first-order valence-electron chi connectivity index (χ1n) is 8.03. The van der Waals surface area contributed by atoms with Crippen LogP contribution in [0.5, 0.6) is 0 Å². The van der Waals surface area contributed by atoms with Crippen LogP contribution in [-0.4, -0.2) is 19.7 Å². The van der Waals surface area contributed by atoms with Crippen LogP contribution < -0.4 is 5.32 Å². The number of fused-ring (bicyclic) bond motifs is 3. The fraction of sp³-hybridized carbons (Fsp3) is 0.316. The van der Waals surface area contributed by atoms with E-state index < -0.39 is 0 Å². The number of anilines is 1. The molecule has 4 rings (SSSR count). The molecule has 2 aliphatic rings. The van der Waals surface area contributed by atoms with Crippen LogP contribution in [0.3, 0.4) is 0 Å². The minimum atomic E-state index is -0.310. The van der Waals surface area contributed by atoms with Gasteiger partial charge in [0, 0.05) is 28.2 Å². The Hall–Kier alpha value is -1.85. The first kappa shape index (κ1) is 15.7. The van der Waals surface area contributed by atoms with Crippen LogP contribution in [0.15, 0.2) is 46.9 Å².